The van der Waals surface area contributed by atoms with Crippen molar-refractivity contribution in [1.82, 2.24) is 20.5 Å². The summed E-state index contributed by atoms with van der Waals surface area (Å²) in [6.07, 6.45) is 4.08. The largest absolute Gasteiger partial charge is 0.473 e. The molecular weight excluding hydrogens is 362 g/mol. The van der Waals surface area contributed by atoms with Crippen LogP contribution in [0.2, 0.25) is 0 Å². The fourth-order valence-electron chi connectivity index (χ4n) is 3.50. The van der Waals surface area contributed by atoms with E-state index in [1.165, 1.54) is 0 Å². The van der Waals surface area contributed by atoms with E-state index in [0.717, 1.165) is 43.0 Å². The van der Waals surface area contributed by atoms with E-state index < -0.39 is 0 Å². The lowest BCUT2D eigenvalue weighted by Gasteiger charge is -2.35. The van der Waals surface area contributed by atoms with Gasteiger partial charge in [0.05, 0.1) is 0 Å². The standard InChI is InChI=1S/C23H33N5O/c1-18(2)28-13-10-21(11-14-28)27-23(24-3)26-16-20-9-12-25-22(15-20)29-17-19-7-5-4-6-8-19/h4-9,12,15,18,21H,10-11,13-14,16-17H2,1-3H3,(H2,24,26,27). The normalized spacial score (nSPS) is 16.1. The van der Waals surface area contributed by atoms with Crippen molar-refractivity contribution in [2.24, 2.45) is 4.99 Å². The summed E-state index contributed by atoms with van der Waals surface area (Å²) in [5.74, 6) is 1.48. The van der Waals surface area contributed by atoms with Gasteiger partial charge in [-0.05, 0) is 43.9 Å². The molecule has 2 N–H and O–H groups in total. The molecule has 0 aliphatic carbocycles. The molecule has 1 aliphatic rings. The van der Waals surface area contributed by atoms with Crippen LogP contribution < -0.4 is 15.4 Å². The first kappa shape index (κ1) is 21.1. The third-order valence-corrected chi connectivity index (χ3v) is 5.31. The van der Waals surface area contributed by atoms with E-state index in [2.05, 4.69) is 39.4 Å². The Hall–Kier alpha value is -2.60. The van der Waals surface area contributed by atoms with Crippen LogP contribution in [0.25, 0.3) is 0 Å². The van der Waals surface area contributed by atoms with E-state index in [4.69, 9.17) is 4.74 Å². The molecule has 1 aliphatic heterocycles. The van der Waals surface area contributed by atoms with Crippen LogP contribution in [-0.2, 0) is 13.2 Å². The zero-order valence-electron chi connectivity index (χ0n) is 17.8. The molecule has 0 bridgehead atoms. The lowest BCUT2D eigenvalue weighted by Crippen LogP contribution is -2.49. The molecule has 156 valence electrons. The SMILES string of the molecule is CN=C(NCc1ccnc(OCc2ccccc2)c1)NC1CCN(C(C)C)CC1. The molecule has 1 aromatic carbocycles. The number of ether oxygens (including phenoxy) is 1. The number of guanidine groups is 1. The van der Waals surface area contributed by atoms with Crippen molar-refractivity contribution in [2.45, 2.75) is 51.9 Å². The molecule has 0 radical (unpaired) electrons. The summed E-state index contributed by atoms with van der Waals surface area (Å²) in [5, 5.41) is 6.97. The minimum absolute atomic E-state index is 0.471. The molecule has 6 heteroatoms. The number of piperidine rings is 1. The average Bonchev–Trinajstić information content (AvgIpc) is 2.76. The highest BCUT2D eigenvalue weighted by atomic mass is 16.5. The van der Waals surface area contributed by atoms with Crippen molar-refractivity contribution in [2.75, 3.05) is 20.1 Å². The molecule has 0 atom stereocenters. The number of hydrogen-bond acceptors (Lipinski definition) is 4. The van der Waals surface area contributed by atoms with Gasteiger partial charge in [0.15, 0.2) is 5.96 Å². The molecule has 0 unspecified atom stereocenters. The summed E-state index contributed by atoms with van der Waals surface area (Å²) < 4.78 is 5.83. The van der Waals surface area contributed by atoms with Gasteiger partial charge in [0.25, 0.3) is 0 Å². The minimum atomic E-state index is 0.471. The molecule has 3 rings (SSSR count). The third kappa shape index (κ3) is 6.75. The highest BCUT2D eigenvalue weighted by Gasteiger charge is 2.21. The molecule has 2 heterocycles. The first-order chi connectivity index (χ1) is 14.1. The van der Waals surface area contributed by atoms with Crippen LogP contribution in [0.3, 0.4) is 0 Å². The second kappa shape index (κ2) is 10.8. The Kier molecular flexibility index (Phi) is 7.87. The van der Waals surface area contributed by atoms with E-state index in [-0.39, 0.29) is 0 Å². The number of nitrogens with zero attached hydrogens (tertiary/aromatic N) is 3. The molecule has 1 fully saturated rings. The highest BCUT2D eigenvalue weighted by Crippen LogP contribution is 2.14. The first-order valence-electron chi connectivity index (χ1n) is 10.5. The van der Waals surface area contributed by atoms with Gasteiger partial charge in [-0.2, -0.15) is 0 Å². The fraction of sp³-hybridized carbons (Fsp3) is 0.478. The maximum atomic E-state index is 5.83. The van der Waals surface area contributed by atoms with Gasteiger partial charge in [-0.15, -0.1) is 0 Å². The average molecular weight is 396 g/mol. The molecule has 2 aromatic rings. The van der Waals surface area contributed by atoms with E-state index in [1.54, 1.807) is 6.20 Å². The van der Waals surface area contributed by atoms with Crippen LogP contribution in [0.15, 0.2) is 53.7 Å². The third-order valence-electron chi connectivity index (χ3n) is 5.31. The van der Waals surface area contributed by atoms with Gasteiger partial charge in [-0.1, -0.05) is 30.3 Å². The lowest BCUT2D eigenvalue weighted by atomic mass is 10.0. The lowest BCUT2D eigenvalue weighted by molar-refractivity contribution is 0.167. The van der Waals surface area contributed by atoms with Crippen LogP contribution in [0.4, 0.5) is 0 Å². The number of benzene rings is 1. The molecule has 1 saturated heterocycles. The topological polar surface area (TPSA) is 61.8 Å². The van der Waals surface area contributed by atoms with Crippen molar-refractivity contribution in [3.8, 4) is 5.88 Å². The Labute approximate surface area is 174 Å². The molecule has 0 spiro atoms. The zero-order valence-corrected chi connectivity index (χ0v) is 17.8. The van der Waals surface area contributed by atoms with Crippen LogP contribution in [0.5, 0.6) is 5.88 Å². The van der Waals surface area contributed by atoms with Gasteiger partial charge in [-0.3, -0.25) is 4.99 Å². The molecule has 1 aromatic heterocycles. The number of likely N-dealkylation sites (tertiary alicyclic amines) is 1. The van der Waals surface area contributed by atoms with Gasteiger partial charge in [0.2, 0.25) is 5.88 Å². The van der Waals surface area contributed by atoms with E-state index in [9.17, 15) is 0 Å². The number of aliphatic imine (C=N–C) groups is 1. The number of rotatable bonds is 7. The minimum Gasteiger partial charge on any atom is -0.473 e. The summed E-state index contributed by atoms with van der Waals surface area (Å²) in [7, 11) is 1.82. The summed E-state index contributed by atoms with van der Waals surface area (Å²) in [4.78, 5) is 11.2. The Bertz CT molecular complexity index is 770. The molecule has 0 saturated carbocycles. The summed E-state index contributed by atoms with van der Waals surface area (Å²) in [6, 6.07) is 15.2. The fourth-order valence-corrected chi connectivity index (χ4v) is 3.50. The van der Waals surface area contributed by atoms with Gasteiger partial charge >= 0.3 is 0 Å². The molecule has 6 nitrogen and oxygen atoms in total. The van der Waals surface area contributed by atoms with Crippen LogP contribution in [-0.4, -0.2) is 48.1 Å². The second-order valence-corrected chi connectivity index (χ2v) is 7.75. The maximum Gasteiger partial charge on any atom is 0.213 e. The maximum absolute atomic E-state index is 5.83. The van der Waals surface area contributed by atoms with Gasteiger partial charge in [-0.25, -0.2) is 4.98 Å². The van der Waals surface area contributed by atoms with Crippen LogP contribution >= 0.6 is 0 Å². The smallest absolute Gasteiger partial charge is 0.213 e. The summed E-state index contributed by atoms with van der Waals surface area (Å²) in [6.45, 7) is 8.00. The van der Waals surface area contributed by atoms with Crippen molar-refractivity contribution in [1.29, 1.82) is 0 Å². The van der Waals surface area contributed by atoms with Gasteiger partial charge < -0.3 is 20.3 Å². The predicted molar refractivity (Wildman–Crippen MR) is 118 cm³/mol. The van der Waals surface area contributed by atoms with Crippen molar-refractivity contribution >= 4 is 5.96 Å². The Morgan fingerprint density at radius 1 is 1.17 bits per heavy atom. The molecular formula is C23H33N5O. The van der Waals surface area contributed by atoms with E-state index >= 15 is 0 Å². The molecule has 29 heavy (non-hydrogen) atoms. The number of hydrogen-bond donors (Lipinski definition) is 2. The van der Waals surface area contributed by atoms with Crippen LogP contribution in [0.1, 0.15) is 37.8 Å². The van der Waals surface area contributed by atoms with Crippen molar-refractivity contribution in [3.63, 3.8) is 0 Å². The van der Waals surface area contributed by atoms with Crippen LogP contribution in [0, 0.1) is 0 Å². The first-order valence-corrected chi connectivity index (χ1v) is 10.5. The monoisotopic (exact) mass is 395 g/mol. The number of aromatic nitrogens is 1. The Morgan fingerprint density at radius 2 is 1.93 bits per heavy atom. The van der Waals surface area contributed by atoms with E-state index in [1.807, 2.05) is 49.5 Å². The zero-order chi connectivity index (χ0) is 20.5. The quantitative estimate of drug-likeness (QED) is 0.557. The number of pyridine rings is 1. The van der Waals surface area contributed by atoms with Gasteiger partial charge in [0, 0.05) is 51.0 Å². The summed E-state index contributed by atoms with van der Waals surface area (Å²) >= 11 is 0. The van der Waals surface area contributed by atoms with Crippen molar-refractivity contribution in [3.05, 3.63) is 59.8 Å². The highest BCUT2D eigenvalue weighted by molar-refractivity contribution is 5.79. The molecule has 0 amide bonds. The Morgan fingerprint density at radius 3 is 2.62 bits per heavy atom. The van der Waals surface area contributed by atoms with Crippen molar-refractivity contribution < 1.29 is 4.74 Å². The summed E-state index contributed by atoms with van der Waals surface area (Å²) in [5.41, 5.74) is 2.24. The number of nitrogens with one attached hydrogen (secondary N) is 2. The Balaban J connectivity index is 1.46. The second-order valence-electron chi connectivity index (χ2n) is 7.75. The van der Waals surface area contributed by atoms with E-state index in [0.29, 0.717) is 31.1 Å². The van der Waals surface area contributed by atoms with Gasteiger partial charge in [0.1, 0.15) is 6.61 Å². The predicted octanol–water partition coefficient (Wildman–Crippen LogP) is 3.20.